The second-order valence-electron chi connectivity index (χ2n) is 4.10. The number of rotatable bonds is 10. The van der Waals surface area contributed by atoms with Gasteiger partial charge in [0, 0.05) is 6.42 Å². The molecular formula is C13H25O3. The van der Waals surface area contributed by atoms with E-state index in [0.717, 1.165) is 25.7 Å². The molecule has 1 N–H and O–H groups in total. The lowest BCUT2D eigenvalue weighted by atomic mass is 10.1. The van der Waals surface area contributed by atoms with E-state index in [0.29, 0.717) is 6.42 Å². The minimum Gasteiger partial charge on any atom is -0.463 e. The zero-order chi connectivity index (χ0) is 12.2. The van der Waals surface area contributed by atoms with Crippen LogP contribution in [0.15, 0.2) is 0 Å². The molecule has 0 aromatic carbocycles. The van der Waals surface area contributed by atoms with Gasteiger partial charge in [0.25, 0.3) is 0 Å². The van der Waals surface area contributed by atoms with Crippen LogP contribution in [0.4, 0.5) is 0 Å². The van der Waals surface area contributed by atoms with E-state index >= 15 is 0 Å². The van der Waals surface area contributed by atoms with Gasteiger partial charge in [-0.25, -0.2) is 0 Å². The summed E-state index contributed by atoms with van der Waals surface area (Å²) in [6.45, 7) is 5.68. The molecule has 1 radical (unpaired) electrons. The normalized spacial score (nSPS) is 12.4. The Bertz CT molecular complexity index is 169. The molecule has 0 saturated carbocycles. The van der Waals surface area contributed by atoms with Crippen LogP contribution in [0.25, 0.3) is 0 Å². The lowest BCUT2D eigenvalue weighted by Crippen LogP contribution is -2.18. The van der Waals surface area contributed by atoms with Gasteiger partial charge in [0.2, 0.25) is 0 Å². The number of esters is 1. The van der Waals surface area contributed by atoms with Crippen LogP contribution < -0.4 is 0 Å². The molecule has 0 aliphatic carbocycles. The lowest BCUT2D eigenvalue weighted by Gasteiger charge is -2.10. The molecule has 0 fully saturated rings. The molecule has 3 nitrogen and oxygen atoms in total. The Hall–Kier alpha value is -0.570. The first-order valence-corrected chi connectivity index (χ1v) is 6.33. The van der Waals surface area contributed by atoms with Crippen molar-refractivity contribution in [3.63, 3.8) is 0 Å². The molecule has 95 valence electrons. The fourth-order valence-corrected chi connectivity index (χ4v) is 1.46. The van der Waals surface area contributed by atoms with E-state index in [-0.39, 0.29) is 12.6 Å². The molecular weight excluding hydrogens is 204 g/mol. The molecule has 1 unspecified atom stereocenters. The number of carbonyl (C=O) groups is 1. The maximum absolute atomic E-state index is 10.8. The van der Waals surface area contributed by atoms with E-state index in [2.05, 4.69) is 6.92 Å². The average Bonchev–Trinajstić information content (AvgIpc) is 2.30. The Kier molecular flexibility index (Phi) is 10.5. The van der Waals surface area contributed by atoms with Gasteiger partial charge in [0.05, 0.1) is 6.10 Å². The maximum atomic E-state index is 10.8. The minimum atomic E-state index is -0.497. The van der Waals surface area contributed by atoms with Crippen molar-refractivity contribution in [3.05, 3.63) is 6.92 Å². The van der Waals surface area contributed by atoms with E-state index in [9.17, 15) is 9.90 Å². The van der Waals surface area contributed by atoms with Gasteiger partial charge in [-0.15, -0.1) is 0 Å². The van der Waals surface area contributed by atoms with Crippen LogP contribution in [0, 0.1) is 6.92 Å². The highest BCUT2D eigenvalue weighted by molar-refractivity contribution is 5.68. The van der Waals surface area contributed by atoms with Crippen LogP contribution in [-0.4, -0.2) is 23.8 Å². The van der Waals surface area contributed by atoms with Crippen molar-refractivity contribution in [3.8, 4) is 0 Å². The summed E-state index contributed by atoms with van der Waals surface area (Å²) >= 11 is 0. The Labute approximate surface area is 99.2 Å². The van der Waals surface area contributed by atoms with E-state index in [4.69, 9.17) is 4.74 Å². The van der Waals surface area contributed by atoms with Gasteiger partial charge in [-0.3, -0.25) is 4.79 Å². The van der Waals surface area contributed by atoms with Crippen LogP contribution >= 0.6 is 0 Å². The van der Waals surface area contributed by atoms with Gasteiger partial charge < -0.3 is 9.84 Å². The minimum absolute atomic E-state index is 0.144. The third-order valence-corrected chi connectivity index (χ3v) is 2.51. The van der Waals surface area contributed by atoms with E-state index < -0.39 is 6.10 Å². The van der Waals surface area contributed by atoms with Crippen LogP contribution in [0.1, 0.15) is 58.3 Å². The summed E-state index contributed by atoms with van der Waals surface area (Å²) in [5, 5.41) is 9.51. The van der Waals surface area contributed by atoms with Crippen molar-refractivity contribution in [2.75, 3.05) is 6.61 Å². The highest BCUT2D eigenvalue weighted by atomic mass is 16.5. The summed E-state index contributed by atoms with van der Waals surface area (Å²) in [6, 6.07) is 0. The number of hydrogen-bond acceptors (Lipinski definition) is 3. The van der Waals surface area contributed by atoms with Gasteiger partial charge in [0.15, 0.2) is 0 Å². The number of carbonyl (C=O) groups excluding carboxylic acids is 1. The standard InChI is InChI=1S/C13H25O3/c1-3-5-6-7-8-9-10-12(14)11-16-13(15)4-2/h12,14H,1,3-11H2,2H3. The Morgan fingerprint density at radius 3 is 2.50 bits per heavy atom. The zero-order valence-electron chi connectivity index (χ0n) is 10.4. The monoisotopic (exact) mass is 229 g/mol. The predicted molar refractivity (Wildman–Crippen MR) is 64.9 cm³/mol. The highest BCUT2D eigenvalue weighted by Crippen LogP contribution is 2.08. The first kappa shape index (κ1) is 15.4. The molecule has 0 amide bonds. The fraction of sp³-hybridized carbons (Fsp3) is 0.846. The zero-order valence-corrected chi connectivity index (χ0v) is 10.4. The summed E-state index contributed by atoms with van der Waals surface area (Å²) in [5.74, 6) is -0.241. The molecule has 0 aliphatic heterocycles. The average molecular weight is 229 g/mol. The van der Waals surface area contributed by atoms with Crippen LogP contribution in [0.2, 0.25) is 0 Å². The van der Waals surface area contributed by atoms with Crippen molar-refractivity contribution in [1.29, 1.82) is 0 Å². The number of aliphatic hydroxyl groups excluding tert-OH is 1. The maximum Gasteiger partial charge on any atom is 0.305 e. The van der Waals surface area contributed by atoms with Gasteiger partial charge in [-0.1, -0.05) is 52.4 Å². The van der Waals surface area contributed by atoms with Crippen molar-refractivity contribution >= 4 is 5.97 Å². The molecule has 0 spiro atoms. The SMILES string of the molecule is [CH2]CCCCCCCC(O)COC(=O)CC. The quantitative estimate of drug-likeness (QED) is 0.463. The third-order valence-electron chi connectivity index (χ3n) is 2.51. The molecule has 1 atom stereocenters. The summed E-state index contributed by atoms with van der Waals surface area (Å²) < 4.78 is 4.85. The van der Waals surface area contributed by atoms with Crippen LogP contribution in [0.5, 0.6) is 0 Å². The number of ether oxygens (including phenoxy) is 1. The van der Waals surface area contributed by atoms with Crippen molar-refractivity contribution in [2.24, 2.45) is 0 Å². The lowest BCUT2D eigenvalue weighted by molar-refractivity contribution is -0.146. The predicted octanol–water partition coefficient (Wildman–Crippen LogP) is 2.87. The summed E-state index contributed by atoms with van der Waals surface area (Å²) in [7, 11) is 0. The summed E-state index contributed by atoms with van der Waals surface area (Å²) in [5.41, 5.74) is 0. The molecule has 0 bridgehead atoms. The molecule has 0 aliphatic rings. The Balaban J connectivity index is 3.23. The van der Waals surface area contributed by atoms with Gasteiger partial charge >= 0.3 is 5.97 Å². The van der Waals surface area contributed by atoms with Crippen LogP contribution in [-0.2, 0) is 9.53 Å². The van der Waals surface area contributed by atoms with Gasteiger partial charge in [0.1, 0.15) is 6.61 Å². The Morgan fingerprint density at radius 2 is 1.88 bits per heavy atom. The summed E-state index contributed by atoms with van der Waals surface area (Å²) in [6.07, 6.45) is 7.37. The highest BCUT2D eigenvalue weighted by Gasteiger charge is 2.06. The molecule has 3 heteroatoms. The van der Waals surface area contributed by atoms with Gasteiger partial charge in [-0.05, 0) is 6.42 Å². The first-order valence-electron chi connectivity index (χ1n) is 6.33. The summed E-state index contributed by atoms with van der Waals surface area (Å²) in [4.78, 5) is 10.8. The van der Waals surface area contributed by atoms with Crippen LogP contribution in [0.3, 0.4) is 0 Å². The number of unbranched alkanes of at least 4 members (excludes halogenated alkanes) is 5. The largest absolute Gasteiger partial charge is 0.463 e. The third kappa shape index (κ3) is 9.97. The molecule has 0 rings (SSSR count). The Morgan fingerprint density at radius 1 is 1.25 bits per heavy atom. The van der Waals surface area contributed by atoms with E-state index in [1.165, 1.54) is 19.3 Å². The second kappa shape index (κ2) is 10.9. The van der Waals surface area contributed by atoms with Crippen molar-refractivity contribution in [2.45, 2.75) is 64.4 Å². The second-order valence-corrected chi connectivity index (χ2v) is 4.10. The number of aliphatic hydroxyl groups is 1. The smallest absolute Gasteiger partial charge is 0.305 e. The van der Waals surface area contributed by atoms with Gasteiger partial charge in [-0.2, -0.15) is 0 Å². The molecule has 0 aromatic rings. The van der Waals surface area contributed by atoms with E-state index in [1.807, 2.05) is 0 Å². The molecule has 0 saturated heterocycles. The van der Waals surface area contributed by atoms with Crippen molar-refractivity contribution < 1.29 is 14.6 Å². The first-order chi connectivity index (χ1) is 7.70. The molecule has 0 heterocycles. The van der Waals surface area contributed by atoms with E-state index in [1.54, 1.807) is 6.92 Å². The molecule has 0 aromatic heterocycles. The topological polar surface area (TPSA) is 46.5 Å². The number of hydrogen-bond donors (Lipinski definition) is 1. The fourth-order valence-electron chi connectivity index (χ4n) is 1.46. The molecule has 16 heavy (non-hydrogen) atoms. The van der Waals surface area contributed by atoms with Crippen molar-refractivity contribution in [1.82, 2.24) is 0 Å².